The van der Waals surface area contributed by atoms with Gasteiger partial charge in [0.2, 0.25) is 5.71 Å². The summed E-state index contributed by atoms with van der Waals surface area (Å²) >= 11 is 0. The van der Waals surface area contributed by atoms with Gasteiger partial charge in [-0.05, 0) is 42.8 Å². The highest BCUT2D eigenvalue weighted by molar-refractivity contribution is 6.10. The van der Waals surface area contributed by atoms with Gasteiger partial charge in [-0.2, -0.15) is 4.98 Å². The Kier molecular flexibility index (Phi) is 3.73. The van der Waals surface area contributed by atoms with Gasteiger partial charge in [0.05, 0.1) is 10.9 Å². The number of hydrogen-bond donors (Lipinski definition) is 2. The minimum atomic E-state index is -0.349. The first-order valence-corrected chi connectivity index (χ1v) is 7.15. The molecule has 0 atom stereocenters. The summed E-state index contributed by atoms with van der Waals surface area (Å²) in [6.07, 6.45) is 0. The Bertz CT molecular complexity index is 885. The summed E-state index contributed by atoms with van der Waals surface area (Å²) < 4.78 is 19.0. The Morgan fingerprint density at radius 2 is 1.91 bits per heavy atom. The van der Waals surface area contributed by atoms with E-state index in [-0.39, 0.29) is 11.7 Å². The maximum atomic E-state index is 13.2. The van der Waals surface area contributed by atoms with E-state index < -0.39 is 0 Å². The van der Waals surface area contributed by atoms with Gasteiger partial charge in [0.15, 0.2) is 0 Å². The average Bonchev–Trinajstić information content (AvgIpc) is 2.92. The van der Waals surface area contributed by atoms with Crippen molar-refractivity contribution in [3.8, 4) is 11.3 Å². The van der Waals surface area contributed by atoms with Gasteiger partial charge >= 0.3 is 0 Å². The highest BCUT2D eigenvalue weighted by Crippen LogP contribution is 2.34. The number of nitrogens with zero attached hydrogens (tertiary/aromatic N) is 1. The molecule has 0 saturated carbocycles. The van der Waals surface area contributed by atoms with Crippen LogP contribution in [0.4, 0.5) is 10.2 Å². The number of aryl methyl sites for hydroxylation is 1. The van der Waals surface area contributed by atoms with E-state index in [0.717, 1.165) is 5.56 Å². The van der Waals surface area contributed by atoms with Crippen molar-refractivity contribution in [3.63, 3.8) is 0 Å². The minimum Gasteiger partial charge on any atom is -0.437 e. The van der Waals surface area contributed by atoms with Gasteiger partial charge < -0.3 is 15.1 Å². The van der Waals surface area contributed by atoms with Crippen LogP contribution in [0.1, 0.15) is 15.9 Å². The number of carbonyl (C=O) groups excluding carboxylic acids is 1. The monoisotopic (exact) mass is 313 g/mol. The normalized spacial score (nSPS) is 10.8. The minimum absolute atomic E-state index is 0.276. The lowest BCUT2D eigenvalue weighted by molar-refractivity contribution is 0.0964. The predicted octanol–water partition coefficient (Wildman–Crippen LogP) is 3.34. The summed E-state index contributed by atoms with van der Waals surface area (Å²) in [5.41, 5.74) is 2.27. The molecule has 3 rings (SSSR count). The van der Waals surface area contributed by atoms with E-state index in [4.69, 9.17) is 4.42 Å². The summed E-state index contributed by atoms with van der Waals surface area (Å²) in [6.45, 7) is 1.90. The van der Waals surface area contributed by atoms with Gasteiger partial charge in [0.25, 0.3) is 5.91 Å². The quantitative estimate of drug-likeness (QED) is 0.778. The van der Waals surface area contributed by atoms with Crippen LogP contribution in [0.25, 0.3) is 22.4 Å². The average molecular weight is 313 g/mol. The molecule has 2 heterocycles. The molecule has 1 aromatic carbocycles. The molecule has 2 N–H and O–H groups in total. The fourth-order valence-corrected chi connectivity index (χ4v) is 2.53. The van der Waals surface area contributed by atoms with E-state index >= 15 is 0 Å². The van der Waals surface area contributed by atoms with E-state index in [1.165, 1.54) is 12.1 Å². The van der Waals surface area contributed by atoms with Gasteiger partial charge in [-0.3, -0.25) is 4.79 Å². The number of halogens is 1. The number of carbonyl (C=O) groups is 1. The lowest BCUT2D eigenvalue weighted by atomic mass is 10.0. The predicted molar refractivity (Wildman–Crippen MR) is 87.1 cm³/mol. The lowest BCUT2D eigenvalue weighted by Gasteiger charge is -2.04. The molecule has 0 radical (unpaired) electrons. The standard InChI is InChI=1S/C17H16FN3O2/c1-9-8-12-13(16(22)20-3)14(10-4-6-11(18)7-5-10)23-17(12)21-15(9)19-2/h4-8H,1-3H3,(H,19,21)(H,20,22). The Hall–Kier alpha value is -2.89. The largest absolute Gasteiger partial charge is 0.437 e. The zero-order valence-electron chi connectivity index (χ0n) is 13.0. The van der Waals surface area contributed by atoms with E-state index in [9.17, 15) is 9.18 Å². The smallest absolute Gasteiger partial charge is 0.255 e. The summed E-state index contributed by atoms with van der Waals surface area (Å²) in [7, 11) is 3.32. The number of nitrogens with one attached hydrogen (secondary N) is 2. The van der Waals surface area contributed by atoms with Crippen molar-refractivity contribution in [2.75, 3.05) is 19.4 Å². The number of furan rings is 1. The van der Waals surface area contributed by atoms with Crippen molar-refractivity contribution in [3.05, 3.63) is 47.3 Å². The molecule has 0 spiro atoms. The SMILES string of the molecule is CNC(=O)c1c(-c2ccc(F)cc2)oc2nc(NC)c(C)cc12. The first-order chi connectivity index (χ1) is 11.0. The molecule has 0 aliphatic heterocycles. The first-order valence-electron chi connectivity index (χ1n) is 7.15. The number of amides is 1. The molecule has 6 heteroatoms. The molecule has 2 aromatic heterocycles. The first kappa shape index (κ1) is 15.0. The number of rotatable bonds is 3. The summed E-state index contributed by atoms with van der Waals surface area (Å²) in [5, 5.41) is 6.22. The van der Waals surface area contributed by atoms with Crippen molar-refractivity contribution >= 4 is 22.8 Å². The van der Waals surface area contributed by atoms with Crippen LogP contribution in [0, 0.1) is 12.7 Å². The lowest BCUT2D eigenvalue weighted by Crippen LogP contribution is -2.18. The maximum Gasteiger partial charge on any atom is 0.255 e. The molecule has 23 heavy (non-hydrogen) atoms. The van der Waals surface area contributed by atoms with Crippen molar-refractivity contribution in [2.24, 2.45) is 0 Å². The van der Waals surface area contributed by atoms with Crippen LogP contribution in [-0.4, -0.2) is 25.0 Å². The van der Waals surface area contributed by atoms with Crippen LogP contribution < -0.4 is 10.6 Å². The van der Waals surface area contributed by atoms with E-state index in [2.05, 4.69) is 15.6 Å². The van der Waals surface area contributed by atoms with Crippen LogP contribution in [0.5, 0.6) is 0 Å². The van der Waals surface area contributed by atoms with Crippen LogP contribution in [0.3, 0.4) is 0 Å². The molecule has 0 aliphatic rings. The molecule has 0 fully saturated rings. The molecule has 3 aromatic rings. The highest BCUT2D eigenvalue weighted by atomic mass is 19.1. The Balaban J connectivity index is 2.31. The van der Waals surface area contributed by atoms with Crippen molar-refractivity contribution in [2.45, 2.75) is 6.92 Å². The number of fused-ring (bicyclic) bond motifs is 1. The van der Waals surface area contributed by atoms with E-state index in [0.29, 0.717) is 33.8 Å². The molecular formula is C17H16FN3O2. The molecule has 0 saturated heterocycles. The molecule has 5 nitrogen and oxygen atoms in total. The fraction of sp³-hybridized carbons (Fsp3) is 0.176. The van der Waals surface area contributed by atoms with Gasteiger partial charge in [-0.1, -0.05) is 0 Å². The second-order valence-corrected chi connectivity index (χ2v) is 5.15. The summed E-state index contributed by atoms with van der Waals surface area (Å²) in [4.78, 5) is 16.7. The van der Waals surface area contributed by atoms with Gasteiger partial charge in [-0.15, -0.1) is 0 Å². The van der Waals surface area contributed by atoms with Crippen molar-refractivity contribution in [1.82, 2.24) is 10.3 Å². The van der Waals surface area contributed by atoms with Crippen molar-refractivity contribution in [1.29, 1.82) is 0 Å². The zero-order chi connectivity index (χ0) is 16.6. The van der Waals surface area contributed by atoms with Gasteiger partial charge in [0, 0.05) is 19.7 Å². The fourth-order valence-electron chi connectivity index (χ4n) is 2.53. The number of pyridine rings is 1. The number of hydrogen-bond acceptors (Lipinski definition) is 4. The highest BCUT2D eigenvalue weighted by Gasteiger charge is 2.23. The van der Waals surface area contributed by atoms with Crippen molar-refractivity contribution < 1.29 is 13.6 Å². The van der Waals surface area contributed by atoms with Crippen LogP contribution in [-0.2, 0) is 0 Å². The third kappa shape index (κ3) is 2.52. The number of aromatic nitrogens is 1. The van der Waals surface area contributed by atoms with Gasteiger partial charge in [-0.25, -0.2) is 4.39 Å². The molecule has 1 amide bonds. The zero-order valence-corrected chi connectivity index (χ0v) is 13.0. The molecular weight excluding hydrogens is 297 g/mol. The maximum absolute atomic E-state index is 13.2. The van der Waals surface area contributed by atoms with Crippen LogP contribution in [0.2, 0.25) is 0 Å². The van der Waals surface area contributed by atoms with Crippen LogP contribution in [0.15, 0.2) is 34.7 Å². The Morgan fingerprint density at radius 1 is 1.22 bits per heavy atom. The number of anilines is 1. The Labute approximate surface area is 132 Å². The molecule has 0 unspecified atom stereocenters. The van der Waals surface area contributed by atoms with E-state index in [1.807, 2.05) is 13.0 Å². The third-order valence-corrected chi connectivity index (χ3v) is 3.67. The second kappa shape index (κ2) is 5.72. The second-order valence-electron chi connectivity index (χ2n) is 5.15. The third-order valence-electron chi connectivity index (χ3n) is 3.67. The topological polar surface area (TPSA) is 67.2 Å². The summed E-state index contributed by atoms with van der Waals surface area (Å²) in [5.74, 6) is 0.430. The summed E-state index contributed by atoms with van der Waals surface area (Å²) in [6, 6.07) is 7.66. The molecule has 118 valence electrons. The molecule has 0 bridgehead atoms. The van der Waals surface area contributed by atoms with Gasteiger partial charge in [0.1, 0.15) is 17.4 Å². The Morgan fingerprint density at radius 3 is 2.52 bits per heavy atom. The van der Waals surface area contributed by atoms with E-state index in [1.54, 1.807) is 26.2 Å². The molecule has 0 aliphatic carbocycles. The van der Waals surface area contributed by atoms with Crippen LogP contribution >= 0.6 is 0 Å². The number of benzene rings is 1.